The van der Waals surface area contributed by atoms with E-state index in [9.17, 15) is 4.79 Å². The summed E-state index contributed by atoms with van der Waals surface area (Å²) in [7, 11) is 4.52. The van der Waals surface area contributed by atoms with Crippen LogP contribution in [0.4, 0.5) is 5.69 Å². The van der Waals surface area contributed by atoms with Gasteiger partial charge in [-0.3, -0.25) is 4.79 Å². The molecule has 0 saturated heterocycles. The van der Waals surface area contributed by atoms with Crippen molar-refractivity contribution in [3.05, 3.63) is 41.2 Å². The van der Waals surface area contributed by atoms with E-state index in [1.807, 2.05) is 0 Å². The SMILES string of the molecule is COc1cc(NC(=O)c2ccnc(Cl)c2)cc(OC)c1OC. The van der Waals surface area contributed by atoms with E-state index in [4.69, 9.17) is 25.8 Å². The van der Waals surface area contributed by atoms with Gasteiger partial charge in [0, 0.05) is 29.6 Å². The molecule has 0 saturated carbocycles. The van der Waals surface area contributed by atoms with E-state index < -0.39 is 0 Å². The molecule has 2 rings (SSSR count). The fourth-order valence-electron chi connectivity index (χ4n) is 1.90. The van der Waals surface area contributed by atoms with E-state index in [2.05, 4.69) is 10.3 Å². The number of ether oxygens (including phenoxy) is 3. The zero-order valence-corrected chi connectivity index (χ0v) is 13.1. The van der Waals surface area contributed by atoms with E-state index in [1.54, 1.807) is 18.2 Å². The summed E-state index contributed by atoms with van der Waals surface area (Å²) in [5.41, 5.74) is 0.904. The number of aromatic nitrogens is 1. The van der Waals surface area contributed by atoms with Crippen LogP contribution in [0.3, 0.4) is 0 Å². The number of hydrogen-bond acceptors (Lipinski definition) is 5. The maximum atomic E-state index is 12.2. The van der Waals surface area contributed by atoms with Crippen molar-refractivity contribution < 1.29 is 19.0 Å². The van der Waals surface area contributed by atoms with Crippen molar-refractivity contribution in [2.75, 3.05) is 26.6 Å². The molecule has 0 aliphatic rings. The van der Waals surface area contributed by atoms with Crippen LogP contribution in [-0.2, 0) is 0 Å². The minimum Gasteiger partial charge on any atom is -0.493 e. The zero-order valence-electron chi connectivity index (χ0n) is 12.3. The molecule has 0 radical (unpaired) electrons. The third-order valence-electron chi connectivity index (χ3n) is 2.91. The highest BCUT2D eigenvalue weighted by molar-refractivity contribution is 6.29. The summed E-state index contributed by atoms with van der Waals surface area (Å²) in [6.07, 6.45) is 1.46. The summed E-state index contributed by atoms with van der Waals surface area (Å²) in [6.45, 7) is 0. The van der Waals surface area contributed by atoms with Crippen LogP contribution in [-0.4, -0.2) is 32.2 Å². The molecule has 1 aromatic carbocycles. The van der Waals surface area contributed by atoms with Crippen LogP contribution < -0.4 is 19.5 Å². The molecule has 0 unspecified atom stereocenters. The lowest BCUT2D eigenvalue weighted by molar-refractivity contribution is 0.102. The zero-order chi connectivity index (χ0) is 16.1. The van der Waals surface area contributed by atoms with Crippen LogP contribution in [0.5, 0.6) is 17.2 Å². The first-order valence-electron chi connectivity index (χ1n) is 6.32. The number of pyridine rings is 1. The predicted octanol–water partition coefficient (Wildman–Crippen LogP) is 3.01. The monoisotopic (exact) mass is 322 g/mol. The molecule has 0 fully saturated rings. The first-order valence-corrected chi connectivity index (χ1v) is 6.69. The Morgan fingerprint density at radius 3 is 2.23 bits per heavy atom. The number of nitrogens with one attached hydrogen (secondary N) is 1. The van der Waals surface area contributed by atoms with Gasteiger partial charge in [-0.05, 0) is 12.1 Å². The van der Waals surface area contributed by atoms with Gasteiger partial charge in [0.25, 0.3) is 5.91 Å². The lowest BCUT2D eigenvalue weighted by Crippen LogP contribution is -2.12. The molecule has 0 bridgehead atoms. The first-order chi connectivity index (χ1) is 10.6. The average molecular weight is 323 g/mol. The van der Waals surface area contributed by atoms with Crippen molar-refractivity contribution in [1.29, 1.82) is 0 Å². The lowest BCUT2D eigenvalue weighted by atomic mass is 10.2. The van der Waals surface area contributed by atoms with Gasteiger partial charge >= 0.3 is 0 Å². The van der Waals surface area contributed by atoms with Crippen molar-refractivity contribution in [3.8, 4) is 17.2 Å². The summed E-state index contributed by atoms with van der Waals surface area (Å²) in [4.78, 5) is 16.0. The van der Waals surface area contributed by atoms with Gasteiger partial charge in [-0.15, -0.1) is 0 Å². The molecule has 0 aliphatic carbocycles. The molecular formula is C15H15ClN2O4. The summed E-state index contributed by atoms with van der Waals surface area (Å²) >= 11 is 5.78. The van der Waals surface area contributed by atoms with Gasteiger partial charge in [0.15, 0.2) is 11.5 Å². The Morgan fingerprint density at radius 2 is 1.73 bits per heavy atom. The molecule has 0 spiro atoms. The number of hydrogen-bond donors (Lipinski definition) is 1. The Hall–Kier alpha value is -2.47. The molecule has 1 heterocycles. The summed E-state index contributed by atoms with van der Waals surface area (Å²) in [5.74, 6) is 1.03. The Labute approximate surface area is 133 Å². The quantitative estimate of drug-likeness (QED) is 0.857. The molecule has 0 atom stereocenters. The smallest absolute Gasteiger partial charge is 0.255 e. The third-order valence-corrected chi connectivity index (χ3v) is 3.12. The van der Waals surface area contributed by atoms with Crippen LogP contribution >= 0.6 is 11.6 Å². The van der Waals surface area contributed by atoms with Crippen LogP contribution in [0.25, 0.3) is 0 Å². The Balaban J connectivity index is 2.31. The van der Waals surface area contributed by atoms with E-state index in [0.717, 1.165) is 0 Å². The number of anilines is 1. The molecule has 116 valence electrons. The summed E-state index contributed by atoms with van der Waals surface area (Å²) in [6, 6.07) is 6.33. The van der Waals surface area contributed by atoms with Crippen LogP contribution in [0.15, 0.2) is 30.5 Å². The van der Waals surface area contributed by atoms with Crippen LogP contribution in [0.2, 0.25) is 5.15 Å². The molecule has 1 aromatic heterocycles. The largest absolute Gasteiger partial charge is 0.493 e. The predicted molar refractivity (Wildman–Crippen MR) is 83.3 cm³/mol. The molecule has 1 N–H and O–H groups in total. The van der Waals surface area contributed by atoms with E-state index in [1.165, 1.54) is 33.6 Å². The van der Waals surface area contributed by atoms with E-state index in [0.29, 0.717) is 28.5 Å². The van der Waals surface area contributed by atoms with Crippen molar-refractivity contribution in [2.45, 2.75) is 0 Å². The van der Waals surface area contributed by atoms with Gasteiger partial charge in [-0.1, -0.05) is 11.6 Å². The topological polar surface area (TPSA) is 69.7 Å². The Bertz CT molecular complexity index is 666. The number of halogens is 1. The van der Waals surface area contributed by atoms with E-state index in [-0.39, 0.29) is 11.1 Å². The standard InChI is InChI=1S/C15H15ClN2O4/c1-20-11-7-10(8-12(21-2)14(11)22-3)18-15(19)9-4-5-17-13(16)6-9/h4-8H,1-3H3,(H,18,19). The highest BCUT2D eigenvalue weighted by Gasteiger charge is 2.15. The molecular weight excluding hydrogens is 308 g/mol. The second-order valence-electron chi connectivity index (χ2n) is 4.24. The summed E-state index contributed by atoms with van der Waals surface area (Å²) < 4.78 is 15.7. The van der Waals surface area contributed by atoms with Crippen LogP contribution in [0, 0.1) is 0 Å². The van der Waals surface area contributed by atoms with Gasteiger partial charge < -0.3 is 19.5 Å². The molecule has 22 heavy (non-hydrogen) atoms. The van der Waals surface area contributed by atoms with Crippen molar-refractivity contribution in [1.82, 2.24) is 4.98 Å². The molecule has 0 aliphatic heterocycles. The van der Waals surface area contributed by atoms with Crippen molar-refractivity contribution >= 4 is 23.2 Å². The number of nitrogens with zero attached hydrogens (tertiary/aromatic N) is 1. The molecule has 2 aromatic rings. The van der Waals surface area contributed by atoms with Gasteiger partial charge in [0.2, 0.25) is 5.75 Å². The third kappa shape index (κ3) is 3.40. The van der Waals surface area contributed by atoms with Gasteiger partial charge in [-0.25, -0.2) is 4.98 Å². The second kappa shape index (κ2) is 7.00. The number of carbonyl (C=O) groups is 1. The minimum absolute atomic E-state index is 0.248. The normalized spacial score (nSPS) is 10.0. The number of amides is 1. The maximum absolute atomic E-state index is 12.2. The minimum atomic E-state index is -0.321. The molecule has 1 amide bonds. The highest BCUT2D eigenvalue weighted by Crippen LogP contribution is 2.40. The number of benzene rings is 1. The van der Waals surface area contributed by atoms with Crippen LogP contribution in [0.1, 0.15) is 10.4 Å². The maximum Gasteiger partial charge on any atom is 0.255 e. The van der Waals surface area contributed by atoms with Crippen molar-refractivity contribution in [3.63, 3.8) is 0 Å². The fraction of sp³-hybridized carbons (Fsp3) is 0.200. The second-order valence-corrected chi connectivity index (χ2v) is 4.62. The Morgan fingerprint density at radius 1 is 1.09 bits per heavy atom. The number of methoxy groups -OCH3 is 3. The molecule has 6 nitrogen and oxygen atoms in total. The Kier molecular flexibility index (Phi) is 5.06. The van der Waals surface area contributed by atoms with Gasteiger partial charge in [-0.2, -0.15) is 0 Å². The highest BCUT2D eigenvalue weighted by atomic mass is 35.5. The lowest BCUT2D eigenvalue weighted by Gasteiger charge is -2.14. The number of rotatable bonds is 5. The van der Waals surface area contributed by atoms with Gasteiger partial charge in [0.1, 0.15) is 5.15 Å². The average Bonchev–Trinajstić information content (AvgIpc) is 2.53. The first kappa shape index (κ1) is 15.9. The molecule has 7 heteroatoms. The number of carbonyl (C=O) groups excluding carboxylic acids is 1. The summed E-state index contributed by atoms with van der Waals surface area (Å²) in [5, 5.41) is 2.99. The van der Waals surface area contributed by atoms with E-state index >= 15 is 0 Å². The van der Waals surface area contributed by atoms with Gasteiger partial charge in [0.05, 0.1) is 21.3 Å². The van der Waals surface area contributed by atoms with Crippen molar-refractivity contribution in [2.24, 2.45) is 0 Å². The fourth-order valence-corrected chi connectivity index (χ4v) is 2.07.